The molecule has 0 bridgehead atoms. The maximum atomic E-state index is 9.24. The third kappa shape index (κ3) is 4.49. The lowest BCUT2D eigenvalue weighted by Gasteiger charge is -2.26. The van der Waals surface area contributed by atoms with Crippen LogP contribution in [0, 0.1) is 0 Å². The van der Waals surface area contributed by atoms with Crippen molar-refractivity contribution >= 4 is 11.9 Å². The van der Waals surface area contributed by atoms with Crippen LogP contribution in [0.3, 0.4) is 0 Å². The Morgan fingerprint density at radius 2 is 1.79 bits per heavy atom. The number of rotatable bonds is 8. The molecule has 108 valence electrons. The average molecular weight is 271 g/mol. The number of hydrogen-bond donors (Lipinski definition) is 4. The quantitative estimate of drug-likeness (QED) is 0.517. The molecule has 19 heavy (non-hydrogen) atoms. The number of aromatic nitrogens is 3. The molecular formula is C11H21N5O3. The van der Waals surface area contributed by atoms with Crippen LogP contribution in [-0.4, -0.2) is 57.6 Å². The smallest absolute Gasteiger partial charge is 0.322 e. The van der Waals surface area contributed by atoms with E-state index in [1.807, 2.05) is 6.92 Å². The maximum Gasteiger partial charge on any atom is 0.322 e. The monoisotopic (exact) mass is 271 g/mol. The third-order valence-corrected chi connectivity index (χ3v) is 2.44. The highest BCUT2D eigenvalue weighted by molar-refractivity contribution is 5.38. The van der Waals surface area contributed by atoms with Crippen LogP contribution in [0.4, 0.5) is 11.9 Å². The lowest BCUT2D eigenvalue weighted by Crippen LogP contribution is -2.43. The largest absolute Gasteiger partial charge is 0.467 e. The number of methoxy groups -OCH3 is 1. The molecule has 0 fully saturated rings. The zero-order valence-electron chi connectivity index (χ0n) is 11.5. The lowest BCUT2D eigenvalue weighted by atomic mass is 10.1. The molecule has 8 nitrogen and oxygen atoms in total. The van der Waals surface area contributed by atoms with E-state index >= 15 is 0 Å². The Kier molecular flexibility index (Phi) is 5.71. The van der Waals surface area contributed by atoms with E-state index in [2.05, 4.69) is 25.6 Å². The number of nitrogens with one attached hydrogen (secondary N) is 2. The van der Waals surface area contributed by atoms with Gasteiger partial charge < -0.3 is 25.6 Å². The van der Waals surface area contributed by atoms with E-state index in [4.69, 9.17) is 4.74 Å². The first-order valence-corrected chi connectivity index (χ1v) is 6.10. The highest BCUT2D eigenvalue weighted by atomic mass is 16.5. The summed E-state index contributed by atoms with van der Waals surface area (Å²) < 4.78 is 4.99. The topological polar surface area (TPSA) is 112 Å². The standard InChI is InChI=1S/C11H21N5O3/c1-4-5-12-8-13-9(15-10(14-8)19-3)16-11(2,6-17)7-18/h17-18H,4-7H2,1-3H3,(H2,12,13,14,15,16). The van der Waals surface area contributed by atoms with Gasteiger partial charge in [0.2, 0.25) is 11.9 Å². The molecule has 0 saturated heterocycles. The van der Waals surface area contributed by atoms with Crippen molar-refractivity contribution in [3.8, 4) is 6.01 Å². The van der Waals surface area contributed by atoms with Gasteiger partial charge in [0.1, 0.15) is 0 Å². The van der Waals surface area contributed by atoms with Gasteiger partial charge in [-0.1, -0.05) is 6.92 Å². The Morgan fingerprint density at radius 3 is 2.32 bits per heavy atom. The summed E-state index contributed by atoms with van der Waals surface area (Å²) in [6, 6.07) is 0.161. The van der Waals surface area contributed by atoms with Gasteiger partial charge in [0, 0.05) is 6.54 Å². The van der Waals surface area contributed by atoms with Gasteiger partial charge in [0.25, 0.3) is 0 Å². The molecule has 0 aromatic carbocycles. The number of hydrogen-bond acceptors (Lipinski definition) is 8. The second-order valence-corrected chi connectivity index (χ2v) is 4.40. The molecule has 0 amide bonds. The van der Waals surface area contributed by atoms with E-state index in [0.717, 1.165) is 13.0 Å². The maximum absolute atomic E-state index is 9.24. The minimum Gasteiger partial charge on any atom is -0.467 e. The second-order valence-electron chi connectivity index (χ2n) is 4.40. The molecule has 4 N–H and O–H groups in total. The normalized spacial score (nSPS) is 11.2. The van der Waals surface area contributed by atoms with Crippen LogP contribution in [0.1, 0.15) is 20.3 Å². The van der Waals surface area contributed by atoms with Crippen LogP contribution >= 0.6 is 0 Å². The lowest BCUT2D eigenvalue weighted by molar-refractivity contribution is 0.147. The molecular weight excluding hydrogens is 250 g/mol. The van der Waals surface area contributed by atoms with Crippen LogP contribution in [0.5, 0.6) is 6.01 Å². The molecule has 1 aromatic heterocycles. The Morgan fingerprint density at radius 1 is 1.16 bits per heavy atom. The molecule has 0 radical (unpaired) electrons. The van der Waals surface area contributed by atoms with Gasteiger partial charge in [-0.25, -0.2) is 0 Å². The van der Waals surface area contributed by atoms with Crippen molar-refractivity contribution in [3.05, 3.63) is 0 Å². The highest BCUT2D eigenvalue weighted by Gasteiger charge is 2.23. The number of aliphatic hydroxyl groups is 2. The molecule has 0 saturated carbocycles. The SMILES string of the molecule is CCCNc1nc(NC(C)(CO)CO)nc(OC)n1. The van der Waals surface area contributed by atoms with Crippen LogP contribution in [0.2, 0.25) is 0 Å². The number of ether oxygens (including phenoxy) is 1. The minimum absolute atomic E-state index is 0.161. The average Bonchev–Trinajstić information content (AvgIpc) is 2.44. The number of anilines is 2. The molecule has 1 heterocycles. The summed E-state index contributed by atoms with van der Waals surface area (Å²) in [5.41, 5.74) is -0.908. The van der Waals surface area contributed by atoms with Crippen molar-refractivity contribution < 1.29 is 14.9 Å². The summed E-state index contributed by atoms with van der Waals surface area (Å²) >= 11 is 0. The van der Waals surface area contributed by atoms with Gasteiger partial charge in [0.15, 0.2) is 0 Å². The van der Waals surface area contributed by atoms with Crippen molar-refractivity contribution in [2.75, 3.05) is 37.5 Å². The molecule has 0 atom stereocenters. The molecule has 1 rings (SSSR count). The van der Waals surface area contributed by atoms with Crippen LogP contribution < -0.4 is 15.4 Å². The zero-order valence-corrected chi connectivity index (χ0v) is 11.5. The van der Waals surface area contributed by atoms with Crippen molar-refractivity contribution in [1.82, 2.24) is 15.0 Å². The summed E-state index contributed by atoms with van der Waals surface area (Å²) in [4.78, 5) is 12.2. The Labute approximate surface area is 112 Å². The van der Waals surface area contributed by atoms with Crippen molar-refractivity contribution in [1.29, 1.82) is 0 Å². The molecule has 0 aliphatic carbocycles. The molecule has 0 aliphatic heterocycles. The Bertz CT molecular complexity index is 398. The van der Waals surface area contributed by atoms with Gasteiger partial charge in [-0.05, 0) is 13.3 Å². The van der Waals surface area contributed by atoms with E-state index < -0.39 is 5.54 Å². The summed E-state index contributed by atoms with van der Waals surface area (Å²) in [5, 5.41) is 24.4. The molecule has 8 heteroatoms. The predicted octanol–water partition coefficient (Wildman–Crippen LogP) is -0.143. The summed E-state index contributed by atoms with van der Waals surface area (Å²) in [7, 11) is 1.46. The number of nitrogens with zero attached hydrogens (tertiary/aromatic N) is 3. The van der Waals surface area contributed by atoms with Crippen LogP contribution in [0.25, 0.3) is 0 Å². The molecule has 1 aromatic rings. The van der Waals surface area contributed by atoms with E-state index in [9.17, 15) is 10.2 Å². The summed E-state index contributed by atoms with van der Waals surface area (Å²) in [6.45, 7) is 3.90. The van der Waals surface area contributed by atoms with Crippen LogP contribution in [0.15, 0.2) is 0 Å². The fourth-order valence-electron chi connectivity index (χ4n) is 1.22. The van der Waals surface area contributed by atoms with Crippen molar-refractivity contribution in [2.24, 2.45) is 0 Å². The second kappa shape index (κ2) is 7.05. The van der Waals surface area contributed by atoms with Gasteiger partial charge in [-0.3, -0.25) is 0 Å². The van der Waals surface area contributed by atoms with Crippen molar-refractivity contribution in [3.63, 3.8) is 0 Å². The number of aliphatic hydroxyl groups excluding tert-OH is 2. The van der Waals surface area contributed by atoms with E-state index in [1.165, 1.54) is 7.11 Å². The van der Waals surface area contributed by atoms with Gasteiger partial charge >= 0.3 is 6.01 Å². The summed E-state index contributed by atoms with van der Waals surface area (Å²) in [6.07, 6.45) is 0.932. The Hall–Kier alpha value is -1.67. The van der Waals surface area contributed by atoms with Crippen molar-refractivity contribution in [2.45, 2.75) is 25.8 Å². The van der Waals surface area contributed by atoms with Gasteiger partial charge in [-0.15, -0.1) is 0 Å². The Balaban J connectivity index is 2.92. The molecule has 0 aliphatic rings. The van der Waals surface area contributed by atoms with E-state index in [1.54, 1.807) is 6.92 Å². The van der Waals surface area contributed by atoms with Gasteiger partial charge in [0.05, 0.1) is 25.9 Å². The molecule has 0 spiro atoms. The molecule has 0 unspecified atom stereocenters. The fraction of sp³-hybridized carbons (Fsp3) is 0.727. The van der Waals surface area contributed by atoms with Gasteiger partial charge in [-0.2, -0.15) is 15.0 Å². The first-order valence-electron chi connectivity index (χ1n) is 6.10. The zero-order chi connectivity index (χ0) is 14.3. The van der Waals surface area contributed by atoms with Crippen LogP contribution in [-0.2, 0) is 0 Å². The third-order valence-electron chi connectivity index (χ3n) is 2.44. The summed E-state index contributed by atoms with van der Waals surface area (Å²) in [5.74, 6) is 0.616. The first-order chi connectivity index (χ1) is 9.06. The predicted molar refractivity (Wildman–Crippen MR) is 71.4 cm³/mol. The highest BCUT2D eigenvalue weighted by Crippen LogP contribution is 2.15. The van der Waals surface area contributed by atoms with E-state index in [0.29, 0.717) is 5.95 Å². The minimum atomic E-state index is -0.908. The first kappa shape index (κ1) is 15.4. The fourth-order valence-corrected chi connectivity index (χ4v) is 1.22. The van der Waals surface area contributed by atoms with E-state index in [-0.39, 0.29) is 25.2 Å².